The highest BCUT2D eigenvalue weighted by atomic mass is 16.6. The summed E-state index contributed by atoms with van der Waals surface area (Å²) in [6.07, 6.45) is 10.9. The lowest BCUT2D eigenvalue weighted by Gasteiger charge is -2.43. The van der Waals surface area contributed by atoms with Crippen LogP contribution in [0.5, 0.6) is 0 Å². The fourth-order valence-electron chi connectivity index (χ4n) is 5.14. The van der Waals surface area contributed by atoms with Crippen molar-refractivity contribution in [3.8, 4) is 0 Å². The van der Waals surface area contributed by atoms with E-state index >= 15 is 0 Å². The minimum atomic E-state index is -0.139. The summed E-state index contributed by atoms with van der Waals surface area (Å²) < 4.78 is 12.6. The molecule has 0 bridgehead atoms. The molecule has 8 unspecified atom stereocenters. The van der Waals surface area contributed by atoms with E-state index in [2.05, 4.69) is 38.7 Å². The third kappa shape index (κ3) is 5.43. The van der Waals surface area contributed by atoms with E-state index in [1.54, 1.807) is 0 Å². The van der Waals surface area contributed by atoms with Crippen LogP contribution in [0.15, 0.2) is 36.0 Å². The molecule has 3 rings (SSSR count). The van der Waals surface area contributed by atoms with Crippen LogP contribution in [0.4, 0.5) is 0 Å². The highest BCUT2D eigenvalue weighted by Crippen LogP contribution is 2.41. The van der Waals surface area contributed by atoms with Gasteiger partial charge in [-0.25, -0.2) is 5.90 Å². The maximum atomic E-state index is 12.6. The van der Waals surface area contributed by atoms with E-state index in [1.807, 2.05) is 13.8 Å². The molecular weight excluding hydrogens is 378 g/mol. The van der Waals surface area contributed by atoms with Gasteiger partial charge in [0.25, 0.3) is 0 Å². The summed E-state index contributed by atoms with van der Waals surface area (Å²) in [6.45, 7) is 13.1. The number of ether oxygens (including phenoxy) is 2. The van der Waals surface area contributed by atoms with Gasteiger partial charge in [-0.2, -0.15) is 0 Å². The first-order chi connectivity index (χ1) is 14.3. The molecule has 168 valence electrons. The number of nitrogens with two attached hydrogens (primary N) is 1. The van der Waals surface area contributed by atoms with Crippen LogP contribution in [0.3, 0.4) is 0 Å². The zero-order valence-electron chi connectivity index (χ0n) is 19.0. The molecule has 0 saturated heterocycles. The molecular formula is C25H39NO4. The Morgan fingerprint density at radius 2 is 2.07 bits per heavy atom. The van der Waals surface area contributed by atoms with E-state index < -0.39 is 0 Å². The van der Waals surface area contributed by atoms with E-state index in [9.17, 15) is 4.79 Å². The van der Waals surface area contributed by atoms with Crippen LogP contribution in [0, 0.1) is 29.6 Å². The molecule has 0 aromatic heterocycles. The van der Waals surface area contributed by atoms with Crippen molar-refractivity contribution >= 4 is 5.97 Å². The van der Waals surface area contributed by atoms with Crippen LogP contribution in [-0.4, -0.2) is 30.9 Å². The predicted molar refractivity (Wildman–Crippen MR) is 118 cm³/mol. The van der Waals surface area contributed by atoms with Crippen LogP contribution >= 0.6 is 0 Å². The topological polar surface area (TPSA) is 70.8 Å². The van der Waals surface area contributed by atoms with Crippen molar-refractivity contribution in [2.45, 2.75) is 78.1 Å². The van der Waals surface area contributed by atoms with Crippen LogP contribution in [-0.2, 0) is 19.1 Å². The van der Waals surface area contributed by atoms with Crippen LogP contribution in [0.2, 0.25) is 0 Å². The van der Waals surface area contributed by atoms with Crippen molar-refractivity contribution in [2.24, 2.45) is 35.5 Å². The highest BCUT2D eigenvalue weighted by Gasteiger charge is 2.43. The Hall–Kier alpha value is -1.43. The molecule has 5 heteroatoms. The van der Waals surface area contributed by atoms with E-state index in [4.69, 9.17) is 20.2 Å². The first kappa shape index (κ1) is 23.2. The standard InChI is InChI=1S/C25H39NO4/c1-6-17(4)25(27)29-22-12-16(3)10-20-8-7-18(5)24(23(20)22)28-14-19-9-15(2)11-21(13-19)30-26/h7-8,10,16-19,21-24H,2,6,9,11-14,26H2,1,3-5H3. The predicted octanol–water partition coefficient (Wildman–Crippen LogP) is 4.73. The summed E-state index contributed by atoms with van der Waals surface area (Å²) in [4.78, 5) is 17.7. The van der Waals surface area contributed by atoms with Gasteiger partial charge in [0, 0.05) is 11.8 Å². The first-order valence-corrected chi connectivity index (χ1v) is 11.6. The quantitative estimate of drug-likeness (QED) is 0.368. The molecule has 8 atom stereocenters. The number of hydrogen-bond acceptors (Lipinski definition) is 5. The van der Waals surface area contributed by atoms with Crippen molar-refractivity contribution in [3.05, 3.63) is 36.0 Å². The number of hydrogen-bond donors (Lipinski definition) is 1. The number of allylic oxidation sites excluding steroid dienone is 2. The van der Waals surface area contributed by atoms with Gasteiger partial charge in [0.1, 0.15) is 6.10 Å². The number of carbonyl (C=O) groups excluding carboxylic acids is 1. The van der Waals surface area contributed by atoms with Gasteiger partial charge in [0.15, 0.2) is 0 Å². The van der Waals surface area contributed by atoms with Crippen molar-refractivity contribution in [3.63, 3.8) is 0 Å². The monoisotopic (exact) mass is 417 g/mol. The largest absolute Gasteiger partial charge is 0.461 e. The second kappa shape index (κ2) is 10.3. The Kier molecular flexibility index (Phi) is 7.94. The highest BCUT2D eigenvalue weighted by molar-refractivity contribution is 5.72. The Labute approximate surface area is 181 Å². The van der Waals surface area contributed by atoms with Crippen molar-refractivity contribution < 1.29 is 19.1 Å². The zero-order chi connectivity index (χ0) is 21.8. The number of rotatable bonds is 7. The summed E-state index contributed by atoms with van der Waals surface area (Å²) in [5.74, 6) is 6.36. The van der Waals surface area contributed by atoms with Crippen molar-refractivity contribution in [1.82, 2.24) is 0 Å². The molecule has 2 N–H and O–H groups in total. The SMILES string of the molecule is C=C1CC(COC2C(C)C=CC3=CC(C)CC(OC(=O)C(C)CC)C32)CC(ON)C1. The minimum Gasteiger partial charge on any atom is -0.461 e. The molecule has 0 spiro atoms. The zero-order valence-corrected chi connectivity index (χ0v) is 19.0. The van der Waals surface area contributed by atoms with Crippen LogP contribution < -0.4 is 5.90 Å². The summed E-state index contributed by atoms with van der Waals surface area (Å²) in [5.41, 5.74) is 2.42. The number of esters is 1. The molecule has 0 aromatic carbocycles. The molecule has 0 amide bonds. The van der Waals surface area contributed by atoms with Gasteiger partial charge in [-0.05, 0) is 49.5 Å². The summed E-state index contributed by atoms with van der Waals surface area (Å²) in [6, 6.07) is 0. The fourth-order valence-corrected chi connectivity index (χ4v) is 5.14. The van der Waals surface area contributed by atoms with E-state index in [0.29, 0.717) is 18.4 Å². The Bertz CT molecular complexity index is 685. The second-order valence-electron chi connectivity index (χ2n) is 9.72. The molecule has 1 saturated carbocycles. The third-order valence-electron chi connectivity index (χ3n) is 7.02. The summed E-state index contributed by atoms with van der Waals surface area (Å²) in [7, 11) is 0. The molecule has 0 aliphatic heterocycles. The third-order valence-corrected chi connectivity index (χ3v) is 7.02. The fraction of sp³-hybridized carbons (Fsp3) is 0.720. The van der Waals surface area contributed by atoms with Crippen LogP contribution in [0.25, 0.3) is 0 Å². The van der Waals surface area contributed by atoms with Gasteiger partial charge < -0.3 is 14.3 Å². The molecule has 5 nitrogen and oxygen atoms in total. The van der Waals surface area contributed by atoms with Crippen molar-refractivity contribution in [2.75, 3.05) is 6.61 Å². The van der Waals surface area contributed by atoms with Crippen molar-refractivity contribution in [1.29, 1.82) is 0 Å². The molecule has 3 aliphatic carbocycles. The van der Waals surface area contributed by atoms with Gasteiger partial charge in [-0.3, -0.25) is 4.79 Å². The smallest absolute Gasteiger partial charge is 0.308 e. The Morgan fingerprint density at radius 1 is 1.30 bits per heavy atom. The van der Waals surface area contributed by atoms with E-state index in [0.717, 1.165) is 32.1 Å². The van der Waals surface area contributed by atoms with Crippen LogP contribution in [0.1, 0.15) is 59.8 Å². The maximum absolute atomic E-state index is 12.6. The first-order valence-electron chi connectivity index (χ1n) is 11.6. The molecule has 0 aromatic rings. The maximum Gasteiger partial charge on any atom is 0.308 e. The van der Waals surface area contributed by atoms with Gasteiger partial charge in [-0.1, -0.05) is 58.1 Å². The minimum absolute atomic E-state index is 0.00378. The Balaban J connectivity index is 1.73. The van der Waals surface area contributed by atoms with Gasteiger partial charge >= 0.3 is 5.97 Å². The van der Waals surface area contributed by atoms with Gasteiger partial charge in [0.2, 0.25) is 0 Å². The van der Waals surface area contributed by atoms with Gasteiger partial charge in [0.05, 0.1) is 24.7 Å². The lowest BCUT2D eigenvalue weighted by atomic mass is 9.71. The average Bonchev–Trinajstić information content (AvgIpc) is 2.71. The molecule has 0 radical (unpaired) electrons. The van der Waals surface area contributed by atoms with E-state index in [1.165, 1.54) is 11.1 Å². The van der Waals surface area contributed by atoms with Gasteiger partial charge in [-0.15, -0.1) is 0 Å². The molecule has 30 heavy (non-hydrogen) atoms. The summed E-state index contributed by atoms with van der Waals surface area (Å²) in [5, 5.41) is 0. The Morgan fingerprint density at radius 3 is 2.77 bits per heavy atom. The van der Waals surface area contributed by atoms with E-state index in [-0.39, 0.29) is 42.0 Å². The lowest BCUT2D eigenvalue weighted by Crippen LogP contribution is -2.46. The number of fused-ring (bicyclic) bond motifs is 1. The second-order valence-corrected chi connectivity index (χ2v) is 9.72. The molecule has 0 heterocycles. The number of carbonyl (C=O) groups is 1. The summed E-state index contributed by atoms with van der Waals surface area (Å²) >= 11 is 0. The molecule has 3 aliphatic rings. The molecule has 1 fully saturated rings. The average molecular weight is 418 g/mol. The lowest BCUT2D eigenvalue weighted by molar-refractivity contribution is -0.161. The normalized spacial score (nSPS) is 37.3.